The van der Waals surface area contributed by atoms with Crippen molar-refractivity contribution in [1.82, 2.24) is 10.6 Å². The Bertz CT molecular complexity index is 557. The van der Waals surface area contributed by atoms with Gasteiger partial charge in [0.1, 0.15) is 6.10 Å². The first kappa shape index (κ1) is 23.9. The number of hydrogen-bond acceptors (Lipinski definition) is 4. The summed E-state index contributed by atoms with van der Waals surface area (Å²) in [6, 6.07) is 6.40. The number of nitrogens with zero attached hydrogens (tertiary/aromatic N) is 1. The van der Waals surface area contributed by atoms with Crippen LogP contribution >= 0.6 is 24.0 Å². The Labute approximate surface area is 178 Å². The summed E-state index contributed by atoms with van der Waals surface area (Å²) in [6.07, 6.45) is 1.89. The Kier molecular flexibility index (Phi) is 12.4. The van der Waals surface area contributed by atoms with Gasteiger partial charge in [0.25, 0.3) is 0 Å². The Hall–Kier alpha value is -1.13. The molecule has 2 N–H and O–H groups in total. The van der Waals surface area contributed by atoms with Crippen LogP contribution in [-0.4, -0.2) is 57.6 Å². The maximum atomic E-state index is 13.6. The first-order valence-corrected chi connectivity index (χ1v) is 9.31. The lowest BCUT2D eigenvalue weighted by Gasteiger charge is -2.16. The van der Waals surface area contributed by atoms with Gasteiger partial charge in [0, 0.05) is 26.3 Å². The molecule has 0 amide bonds. The zero-order chi connectivity index (χ0) is 18.6. The molecule has 1 aliphatic heterocycles. The molecule has 27 heavy (non-hydrogen) atoms. The van der Waals surface area contributed by atoms with Gasteiger partial charge in [-0.2, -0.15) is 0 Å². The zero-order valence-corrected chi connectivity index (χ0v) is 18.4. The molecular weight excluding hydrogens is 464 g/mol. The van der Waals surface area contributed by atoms with E-state index in [1.807, 2.05) is 13.8 Å². The van der Waals surface area contributed by atoms with Crippen molar-refractivity contribution in [3.63, 3.8) is 0 Å². The molecule has 154 valence electrons. The van der Waals surface area contributed by atoms with Crippen molar-refractivity contribution in [2.24, 2.45) is 4.99 Å². The monoisotopic (exact) mass is 495 g/mol. The quantitative estimate of drug-likeness (QED) is 0.226. The van der Waals surface area contributed by atoms with E-state index in [2.05, 4.69) is 15.6 Å². The van der Waals surface area contributed by atoms with E-state index in [9.17, 15) is 4.39 Å². The zero-order valence-electron chi connectivity index (χ0n) is 16.1. The fourth-order valence-electron chi connectivity index (χ4n) is 2.53. The summed E-state index contributed by atoms with van der Waals surface area (Å²) in [5.74, 6) is 0.614. The largest absolute Gasteiger partial charge is 0.486 e. The number of ether oxygens (including phenoxy) is 3. The molecule has 0 radical (unpaired) electrons. The smallest absolute Gasteiger partial charge is 0.191 e. The standard InChI is InChI=1S/C19H30FN3O3.HI/c1-3-21-19(22-10-6-11-25-16-9-12-24-14-16)23-13-15(2)26-18-8-5-4-7-17(18)20;/h4-5,7-8,15-16H,3,6,9-14H2,1-2H3,(H2,21,22,23);1H. The van der Waals surface area contributed by atoms with Gasteiger partial charge in [-0.15, -0.1) is 24.0 Å². The first-order chi connectivity index (χ1) is 12.7. The molecule has 0 spiro atoms. The van der Waals surface area contributed by atoms with Crippen LogP contribution < -0.4 is 15.4 Å². The number of nitrogens with one attached hydrogen (secondary N) is 2. The van der Waals surface area contributed by atoms with E-state index in [1.165, 1.54) is 6.07 Å². The van der Waals surface area contributed by atoms with Crippen LogP contribution in [0.3, 0.4) is 0 Å². The highest BCUT2D eigenvalue weighted by Crippen LogP contribution is 2.17. The van der Waals surface area contributed by atoms with Gasteiger partial charge in [-0.25, -0.2) is 9.38 Å². The second kappa shape index (κ2) is 14.0. The summed E-state index contributed by atoms with van der Waals surface area (Å²) < 4.78 is 30.2. The number of halogens is 2. The molecule has 0 bridgehead atoms. The molecule has 2 rings (SSSR count). The summed E-state index contributed by atoms with van der Waals surface area (Å²) in [4.78, 5) is 4.50. The predicted octanol–water partition coefficient (Wildman–Crippen LogP) is 2.96. The minimum absolute atomic E-state index is 0. The van der Waals surface area contributed by atoms with Gasteiger partial charge in [-0.05, 0) is 38.8 Å². The highest BCUT2D eigenvalue weighted by molar-refractivity contribution is 14.0. The maximum Gasteiger partial charge on any atom is 0.191 e. The molecule has 8 heteroatoms. The van der Waals surface area contributed by atoms with Crippen molar-refractivity contribution >= 4 is 29.9 Å². The molecule has 1 saturated heterocycles. The predicted molar refractivity (Wildman–Crippen MR) is 116 cm³/mol. The SMILES string of the molecule is CCNC(=NCC(C)Oc1ccccc1F)NCCCOC1CCOC1.I. The summed E-state index contributed by atoms with van der Waals surface area (Å²) >= 11 is 0. The average molecular weight is 495 g/mol. The van der Waals surface area contributed by atoms with Crippen molar-refractivity contribution in [3.8, 4) is 5.75 Å². The van der Waals surface area contributed by atoms with E-state index in [4.69, 9.17) is 14.2 Å². The van der Waals surface area contributed by atoms with Gasteiger partial charge in [0.15, 0.2) is 17.5 Å². The fraction of sp³-hybridized carbons (Fsp3) is 0.632. The molecule has 1 fully saturated rings. The topological polar surface area (TPSA) is 64.1 Å². The van der Waals surface area contributed by atoms with Crippen molar-refractivity contribution in [2.45, 2.75) is 38.9 Å². The highest BCUT2D eigenvalue weighted by atomic mass is 127. The Balaban J connectivity index is 0.00000364. The molecule has 2 atom stereocenters. The molecular formula is C19H31FIN3O3. The summed E-state index contributed by atoms with van der Waals surface area (Å²) in [6.45, 7) is 8.06. The molecule has 1 aliphatic rings. The van der Waals surface area contributed by atoms with Gasteiger partial charge in [-0.3, -0.25) is 0 Å². The third kappa shape index (κ3) is 9.57. The lowest BCUT2D eigenvalue weighted by Crippen LogP contribution is -2.39. The Morgan fingerprint density at radius 2 is 2.19 bits per heavy atom. The average Bonchev–Trinajstić information content (AvgIpc) is 3.15. The van der Waals surface area contributed by atoms with Crippen LogP contribution in [0.5, 0.6) is 5.75 Å². The molecule has 1 aromatic carbocycles. The number of hydrogen-bond donors (Lipinski definition) is 2. The molecule has 0 aromatic heterocycles. The van der Waals surface area contributed by atoms with Gasteiger partial charge in [-0.1, -0.05) is 12.1 Å². The summed E-state index contributed by atoms with van der Waals surface area (Å²) in [5, 5.41) is 6.47. The molecule has 2 unspecified atom stereocenters. The summed E-state index contributed by atoms with van der Waals surface area (Å²) in [7, 11) is 0. The summed E-state index contributed by atoms with van der Waals surface area (Å²) in [5.41, 5.74) is 0. The Morgan fingerprint density at radius 1 is 1.37 bits per heavy atom. The third-order valence-corrected chi connectivity index (χ3v) is 3.87. The Morgan fingerprint density at radius 3 is 2.89 bits per heavy atom. The van der Waals surface area contributed by atoms with E-state index in [0.717, 1.165) is 38.5 Å². The van der Waals surface area contributed by atoms with Crippen molar-refractivity contribution in [2.75, 3.05) is 39.5 Å². The lowest BCUT2D eigenvalue weighted by atomic mass is 10.3. The van der Waals surface area contributed by atoms with Gasteiger partial charge in [0.05, 0.1) is 19.3 Å². The second-order valence-electron chi connectivity index (χ2n) is 6.22. The van der Waals surface area contributed by atoms with E-state index >= 15 is 0 Å². The molecule has 1 heterocycles. The highest BCUT2D eigenvalue weighted by Gasteiger charge is 2.15. The van der Waals surface area contributed by atoms with Crippen molar-refractivity contribution < 1.29 is 18.6 Å². The van der Waals surface area contributed by atoms with Crippen LogP contribution in [0.4, 0.5) is 4.39 Å². The first-order valence-electron chi connectivity index (χ1n) is 9.31. The number of benzene rings is 1. The number of aliphatic imine (C=N–C) groups is 1. The van der Waals surface area contributed by atoms with Gasteiger partial charge < -0.3 is 24.8 Å². The van der Waals surface area contributed by atoms with Crippen molar-refractivity contribution in [1.29, 1.82) is 0 Å². The molecule has 1 aromatic rings. The molecule has 0 aliphatic carbocycles. The van der Waals surface area contributed by atoms with Gasteiger partial charge in [0.2, 0.25) is 0 Å². The van der Waals surface area contributed by atoms with Crippen LogP contribution in [0.2, 0.25) is 0 Å². The van der Waals surface area contributed by atoms with E-state index < -0.39 is 0 Å². The normalized spacial score (nSPS) is 17.9. The van der Waals surface area contributed by atoms with Crippen LogP contribution in [0, 0.1) is 5.82 Å². The third-order valence-electron chi connectivity index (χ3n) is 3.87. The lowest BCUT2D eigenvalue weighted by molar-refractivity contribution is 0.0420. The van der Waals surface area contributed by atoms with E-state index in [0.29, 0.717) is 19.8 Å². The number of rotatable bonds is 10. The molecule has 6 nitrogen and oxygen atoms in total. The van der Waals surface area contributed by atoms with E-state index in [1.54, 1.807) is 18.2 Å². The van der Waals surface area contributed by atoms with Crippen LogP contribution in [0.1, 0.15) is 26.7 Å². The van der Waals surface area contributed by atoms with Crippen molar-refractivity contribution in [3.05, 3.63) is 30.1 Å². The minimum atomic E-state index is -0.360. The minimum Gasteiger partial charge on any atom is -0.486 e. The maximum absolute atomic E-state index is 13.6. The van der Waals surface area contributed by atoms with Crippen LogP contribution in [0.15, 0.2) is 29.3 Å². The van der Waals surface area contributed by atoms with Crippen LogP contribution in [0.25, 0.3) is 0 Å². The second-order valence-corrected chi connectivity index (χ2v) is 6.22. The molecule has 0 saturated carbocycles. The van der Waals surface area contributed by atoms with Crippen LogP contribution in [-0.2, 0) is 9.47 Å². The van der Waals surface area contributed by atoms with Gasteiger partial charge >= 0.3 is 0 Å². The van der Waals surface area contributed by atoms with E-state index in [-0.39, 0.29) is 47.8 Å². The fourth-order valence-corrected chi connectivity index (χ4v) is 2.53. The number of para-hydroxylation sites is 1. The number of guanidine groups is 1.